The first-order valence-electron chi connectivity index (χ1n) is 9.13. The molecule has 11 nitrogen and oxygen atoms in total. The van der Waals surface area contributed by atoms with Crippen molar-refractivity contribution in [3.8, 4) is 28.7 Å². The minimum absolute atomic E-state index is 0.0346. The van der Waals surface area contributed by atoms with Gasteiger partial charge in [0, 0.05) is 11.6 Å². The summed E-state index contributed by atoms with van der Waals surface area (Å²) in [4.78, 5) is 12.8. The normalized spacial score (nSPS) is 25.8. The van der Waals surface area contributed by atoms with Gasteiger partial charge in [-0.1, -0.05) is 0 Å². The molecule has 0 amide bonds. The van der Waals surface area contributed by atoms with E-state index in [1.165, 1.54) is 31.4 Å². The van der Waals surface area contributed by atoms with E-state index in [0.29, 0.717) is 0 Å². The largest absolute Gasteiger partial charge is 0.508 e. The maximum Gasteiger partial charge on any atom is 0.229 e. The second kappa shape index (κ2) is 8.96. The van der Waals surface area contributed by atoms with E-state index in [4.69, 9.17) is 14.2 Å². The van der Waals surface area contributed by atoms with Crippen LogP contribution in [-0.2, 0) is 4.74 Å². The van der Waals surface area contributed by atoms with Gasteiger partial charge >= 0.3 is 0 Å². The number of aromatic hydroxyl groups is 3. The molecule has 5 atom stereocenters. The first-order valence-corrected chi connectivity index (χ1v) is 9.13. The summed E-state index contributed by atoms with van der Waals surface area (Å²) in [7, 11) is 1.19. The van der Waals surface area contributed by atoms with Gasteiger partial charge in [0.05, 0.1) is 13.7 Å². The summed E-state index contributed by atoms with van der Waals surface area (Å²) in [5, 5.41) is 69.6. The van der Waals surface area contributed by atoms with Gasteiger partial charge in [-0.2, -0.15) is 0 Å². The fourth-order valence-corrected chi connectivity index (χ4v) is 3.14. The van der Waals surface area contributed by atoms with Crippen LogP contribution in [0.1, 0.15) is 15.9 Å². The van der Waals surface area contributed by atoms with Gasteiger partial charge in [0.25, 0.3) is 0 Å². The highest BCUT2D eigenvalue weighted by Crippen LogP contribution is 2.46. The van der Waals surface area contributed by atoms with Crippen molar-refractivity contribution in [1.82, 2.24) is 0 Å². The molecule has 11 heteroatoms. The molecule has 168 valence electrons. The number of carbonyl (C=O) groups is 1. The summed E-state index contributed by atoms with van der Waals surface area (Å²) < 4.78 is 15.7. The predicted octanol–water partition coefficient (Wildman–Crippen LogP) is -0.778. The third-order valence-electron chi connectivity index (χ3n) is 4.86. The highest BCUT2D eigenvalue weighted by Gasteiger charge is 2.45. The van der Waals surface area contributed by atoms with E-state index in [-0.39, 0.29) is 17.1 Å². The van der Waals surface area contributed by atoms with Crippen LogP contribution in [0.4, 0.5) is 0 Å². The third-order valence-corrected chi connectivity index (χ3v) is 4.86. The lowest BCUT2D eigenvalue weighted by molar-refractivity contribution is -0.277. The average Bonchev–Trinajstić information content (AvgIpc) is 2.75. The van der Waals surface area contributed by atoms with Crippen LogP contribution in [0.3, 0.4) is 0 Å². The Hall–Kier alpha value is -3.09. The molecule has 0 bridgehead atoms. The Morgan fingerprint density at radius 1 is 1.03 bits per heavy atom. The number of carbonyl (C=O) groups excluding carboxylic acids is 1. The molecule has 0 saturated carbocycles. The number of phenols is 3. The number of rotatable bonds is 6. The highest BCUT2D eigenvalue weighted by atomic mass is 16.7. The number of aliphatic hydroxyl groups excluding tert-OH is 4. The van der Waals surface area contributed by atoms with Crippen LogP contribution >= 0.6 is 0 Å². The van der Waals surface area contributed by atoms with Gasteiger partial charge in [-0.3, -0.25) is 4.79 Å². The summed E-state index contributed by atoms with van der Waals surface area (Å²) in [5.41, 5.74) is -0.515. The molecule has 0 aliphatic carbocycles. The van der Waals surface area contributed by atoms with Crippen molar-refractivity contribution in [2.75, 3.05) is 13.7 Å². The standard InChI is InChI=1S/C20H22O11/c1-29-11-6-10(23)13(14(24)8-2-4-9(22)5-3-8)16(26)19(11)31-20-18(28)17(27)15(25)12(7-21)30-20/h2-6,12,15,17-18,20-23,25-28H,7H2,1H3/t12?,15-,17?,18+,20-/m1/s1. The zero-order chi connectivity index (χ0) is 22.9. The molecule has 1 saturated heterocycles. The lowest BCUT2D eigenvalue weighted by Crippen LogP contribution is -2.60. The first-order chi connectivity index (χ1) is 14.7. The number of hydrogen-bond donors (Lipinski definition) is 7. The summed E-state index contributed by atoms with van der Waals surface area (Å²) >= 11 is 0. The van der Waals surface area contributed by atoms with Gasteiger partial charge in [0.15, 0.2) is 11.5 Å². The maximum atomic E-state index is 12.8. The van der Waals surface area contributed by atoms with E-state index >= 15 is 0 Å². The quantitative estimate of drug-likeness (QED) is 0.281. The van der Waals surface area contributed by atoms with Crippen molar-refractivity contribution in [3.63, 3.8) is 0 Å². The summed E-state index contributed by atoms with van der Waals surface area (Å²) in [6.07, 6.45) is -8.09. The van der Waals surface area contributed by atoms with E-state index in [1.807, 2.05) is 0 Å². The van der Waals surface area contributed by atoms with Crippen LogP contribution in [0.25, 0.3) is 0 Å². The SMILES string of the molecule is COc1cc(O)c(C(=O)c2ccc(O)cc2)c(O)c1O[C@H]1OC(CO)[C@@H](O)C(O)[C@@H]1O. The fourth-order valence-electron chi connectivity index (χ4n) is 3.14. The molecule has 3 rings (SSSR count). The minimum Gasteiger partial charge on any atom is -0.508 e. The maximum absolute atomic E-state index is 12.8. The molecule has 1 aliphatic rings. The van der Waals surface area contributed by atoms with E-state index in [9.17, 15) is 40.5 Å². The van der Waals surface area contributed by atoms with E-state index in [0.717, 1.165) is 6.07 Å². The number of benzene rings is 2. The summed E-state index contributed by atoms with van der Waals surface area (Å²) in [5.74, 6) is -3.09. The number of aliphatic hydroxyl groups is 4. The smallest absolute Gasteiger partial charge is 0.229 e. The van der Waals surface area contributed by atoms with Crippen molar-refractivity contribution < 1.29 is 54.8 Å². The predicted molar refractivity (Wildman–Crippen MR) is 102 cm³/mol. The molecule has 7 N–H and O–H groups in total. The minimum atomic E-state index is -1.79. The second-order valence-corrected chi connectivity index (χ2v) is 6.84. The van der Waals surface area contributed by atoms with E-state index in [2.05, 4.69) is 0 Å². The van der Waals surface area contributed by atoms with Gasteiger partial charge in [-0.25, -0.2) is 0 Å². The Bertz CT molecular complexity index is 941. The van der Waals surface area contributed by atoms with Gasteiger partial charge < -0.3 is 50.0 Å². The zero-order valence-electron chi connectivity index (χ0n) is 16.2. The molecule has 2 unspecified atom stereocenters. The lowest BCUT2D eigenvalue weighted by Gasteiger charge is -2.39. The Kier molecular flexibility index (Phi) is 6.53. The molecule has 0 radical (unpaired) electrons. The first kappa shape index (κ1) is 22.6. The molecule has 1 aliphatic heterocycles. The van der Waals surface area contributed by atoms with Gasteiger partial charge in [-0.05, 0) is 24.3 Å². The number of ether oxygens (including phenoxy) is 3. The molecule has 0 aromatic heterocycles. The Balaban J connectivity index is 2.01. The van der Waals surface area contributed by atoms with Gasteiger partial charge in [0.1, 0.15) is 41.5 Å². The lowest BCUT2D eigenvalue weighted by atomic mass is 9.99. The molecular formula is C20H22O11. The van der Waals surface area contributed by atoms with Crippen molar-refractivity contribution in [2.24, 2.45) is 0 Å². The monoisotopic (exact) mass is 438 g/mol. The molecule has 2 aromatic rings. The Morgan fingerprint density at radius 2 is 1.68 bits per heavy atom. The Labute approximate surface area is 175 Å². The third kappa shape index (κ3) is 4.22. The average molecular weight is 438 g/mol. The molecule has 31 heavy (non-hydrogen) atoms. The van der Waals surface area contributed by atoms with Crippen LogP contribution in [0.2, 0.25) is 0 Å². The van der Waals surface area contributed by atoms with Crippen LogP contribution < -0.4 is 9.47 Å². The van der Waals surface area contributed by atoms with Crippen LogP contribution in [0, 0.1) is 0 Å². The van der Waals surface area contributed by atoms with Crippen molar-refractivity contribution >= 4 is 5.78 Å². The van der Waals surface area contributed by atoms with Crippen molar-refractivity contribution in [1.29, 1.82) is 0 Å². The van der Waals surface area contributed by atoms with Crippen LogP contribution in [0.5, 0.6) is 28.7 Å². The molecule has 1 fully saturated rings. The molecule has 0 spiro atoms. The van der Waals surface area contributed by atoms with Crippen LogP contribution in [0.15, 0.2) is 30.3 Å². The zero-order valence-corrected chi connectivity index (χ0v) is 16.2. The van der Waals surface area contributed by atoms with E-state index < -0.39 is 65.9 Å². The Morgan fingerprint density at radius 3 is 2.26 bits per heavy atom. The number of phenolic OH excluding ortho intramolecular Hbond substituents is 3. The topological polar surface area (TPSA) is 186 Å². The van der Waals surface area contributed by atoms with Gasteiger partial charge in [0.2, 0.25) is 17.8 Å². The van der Waals surface area contributed by atoms with Crippen LogP contribution in [-0.4, -0.2) is 86.0 Å². The fraction of sp³-hybridized carbons (Fsp3) is 0.350. The van der Waals surface area contributed by atoms with Crippen molar-refractivity contribution in [3.05, 3.63) is 41.5 Å². The number of ketones is 1. The molecule has 1 heterocycles. The summed E-state index contributed by atoms with van der Waals surface area (Å²) in [6, 6.07) is 6.04. The molecule has 2 aromatic carbocycles. The molecular weight excluding hydrogens is 416 g/mol. The number of hydrogen-bond acceptors (Lipinski definition) is 11. The summed E-state index contributed by atoms with van der Waals surface area (Å²) in [6.45, 7) is -0.700. The van der Waals surface area contributed by atoms with E-state index in [1.54, 1.807) is 0 Å². The second-order valence-electron chi connectivity index (χ2n) is 6.84. The number of methoxy groups -OCH3 is 1. The highest BCUT2D eigenvalue weighted by molar-refractivity contribution is 6.13. The van der Waals surface area contributed by atoms with Crippen molar-refractivity contribution in [2.45, 2.75) is 30.7 Å². The van der Waals surface area contributed by atoms with Gasteiger partial charge in [-0.15, -0.1) is 0 Å².